The summed E-state index contributed by atoms with van der Waals surface area (Å²) in [6, 6.07) is 5.36. The molecule has 0 bridgehead atoms. The molecule has 31 heavy (non-hydrogen) atoms. The molecule has 1 aromatic carbocycles. The molecule has 1 aliphatic heterocycles. The molecule has 0 N–H and O–H groups in total. The van der Waals surface area contributed by atoms with Crippen LogP contribution in [-0.4, -0.2) is 39.0 Å². The number of hydrogen-bond donors (Lipinski definition) is 0. The number of nitrogens with zero attached hydrogens (tertiary/aromatic N) is 3. The molecule has 0 saturated carbocycles. The fraction of sp³-hybridized carbons (Fsp3) is 0.478. The number of hydrogen-bond acceptors (Lipinski definition) is 5. The van der Waals surface area contributed by atoms with Gasteiger partial charge in [0.1, 0.15) is 19.2 Å². The fourth-order valence-corrected chi connectivity index (χ4v) is 4.89. The van der Waals surface area contributed by atoms with E-state index < -0.39 is 5.79 Å². The summed E-state index contributed by atoms with van der Waals surface area (Å²) in [6.45, 7) is 7.32. The van der Waals surface area contributed by atoms with E-state index in [1.54, 1.807) is 23.1 Å². The van der Waals surface area contributed by atoms with Gasteiger partial charge in [0.2, 0.25) is 5.79 Å². The summed E-state index contributed by atoms with van der Waals surface area (Å²) in [5.74, 6) is 0.775. The van der Waals surface area contributed by atoms with E-state index in [0.29, 0.717) is 23.2 Å². The summed E-state index contributed by atoms with van der Waals surface area (Å²) >= 11 is 14.4. The molecule has 1 saturated heterocycles. The van der Waals surface area contributed by atoms with Crippen molar-refractivity contribution in [2.75, 3.05) is 18.1 Å². The Hall–Kier alpha value is -1.31. The second-order valence-electron chi connectivity index (χ2n) is 7.93. The highest BCUT2D eigenvalue weighted by atomic mass is 35.5. The van der Waals surface area contributed by atoms with E-state index >= 15 is 0 Å². The van der Waals surface area contributed by atoms with E-state index in [1.807, 2.05) is 17.8 Å². The molecule has 168 valence electrons. The van der Waals surface area contributed by atoms with Crippen molar-refractivity contribution in [3.05, 3.63) is 69.8 Å². The molecule has 5 nitrogen and oxygen atoms in total. The van der Waals surface area contributed by atoms with Crippen LogP contribution in [0.25, 0.3) is 0 Å². The molecule has 2 heterocycles. The Labute approximate surface area is 198 Å². The molecule has 0 spiro atoms. The van der Waals surface area contributed by atoms with Crippen LogP contribution in [0.15, 0.2) is 54.2 Å². The Morgan fingerprint density at radius 2 is 2.13 bits per heavy atom. The first-order valence-corrected chi connectivity index (χ1v) is 12.3. The van der Waals surface area contributed by atoms with E-state index in [0.717, 1.165) is 29.9 Å². The maximum atomic E-state index is 6.50. The molecule has 3 rings (SSSR count). The van der Waals surface area contributed by atoms with Crippen molar-refractivity contribution in [3.8, 4) is 0 Å². The third-order valence-electron chi connectivity index (χ3n) is 4.98. The molecule has 1 aromatic heterocycles. The average molecular weight is 482 g/mol. The summed E-state index contributed by atoms with van der Waals surface area (Å²) in [4.78, 5) is 4.02. The Kier molecular flexibility index (Phi) is 9.05. The molecule has 8 heteroatoms. The lowest BCUT2D eigenvalue weighted by molar-refractivity contribution is -0.186. The van der Waals surface area contributed by atoms with Crippen molar-refractivity contribution in [2.45, 2.75) is 52.0 Å². The lowest BCUT2D eigenvalue weighted by Crippen LogP contribution is -2.34. The first-order valence-electron chi connectivity index (χ1n) is 10.3. The standard InChI is InChI=1S/C23H29Cl2N3O2S/c1-17(2)5-4-6-18(3)9-10-31-13-20-12-29-23(30-20,14-28-16-26-15-27-28)21-8-7-19(24)11-22(21)25/h5,7-9,11,15-16,20H,4,6,10,12-14H2,1-3H3/b18-9+/t20-,23-/m1/s1. The highest BCUT2D eigenvalue weighted by molar-refractivity contribution is 7.99. The summed E-state index contributed by atoms with van der Waals surface area (Å²) in [7, 11) is 0. The first kappa shape index (κ1) is 24.3. The van der Waals surface area contributed by atoms with Gasteiger partial charge in [-0.3, -0.25) is 0 Å². The van der Waals surface area contributed by atoms with E-state index in [1.165, 1.54) is 17.5 Å². The van der Waals surface area contributed by atoms with Crippen LogP contribution >= 0.6 is 35.0 Å². The molecule has 1 aliphatic rings. The minimum absolute atomic E-state index is 0.0420. The van der Waals surface area contributed by atoms with Gasteiger partial charge >= 0.3 is 0 Å². The van der Waals surface area contributed by atoms with Crippen molar-refractivity contribution in [1.29, 1.82) is 0 Å². The fourth-order valence-electron chi connectivity index (χ4n) is 3.37. The third kappa shape index (κ3) is 7.09. The van der Waals surface area contributed by atoms with Gasteiger partial charge in [-0.05, 0) is 45.7 Å². The Bertz CT molecular complexity index is 914. The maximum Gasteiger partial charge on any atom is 0.217 e. The molecular formula is C23H29Cl2N3O2S. The largest absolute Gasteiger partial charge is 0.342 e. The number of rotatable bonds is 10. The van der Waals surface area contributed by atoms with Crippen LogP contribution in [0.3, 0.4) is 0 Å². The number of thioether (sulfide) groups is 1. The van der Waals surface area contributed by atoms with Crippen LogP contribution in [-0.2, 0) is 21.8 Å². The second kappa shape index (κ2) is 11.5. The van der Waals surface area contributed by atoms with Crippen LogP contribution in [0.4, 0.5) is 0 Å². The number of halogens is 2. The van der Waals surface area contributed by atoms with Gasteiger partial charge in [0.15, 0.2) is 0 Å². The lowest BCUT2D eigenvalue weighted by Gasteiger charge is -2.29. The maximum absolute atomic E-state index is 6.50. The van der Waals surface area contributed by atoms with Crippen molar-refractivity contribution in [1.82, 2.24) is 14.8 Å². The van der Waals surface area contributed by atoms with Gasteiger partial charge < -0.3 is 9.47 Å². The van der Waals surface area contributed by atoms with Crippen LogP contribution in [0.1, 0.15) is 39.2 Å². The Balaban J connectivity index is 1.60. The molecule has 2 aromatic rings. The van der Waals surface area contributed by atoms with E-state index in [-0.39, 0.29) is 6.10 Å². The first-order chi connectivity index (χ1) is 14.9. The molecule has 0 radical (unpaired) electrons. The van der Waals surface area contributed by atoms with Gasteiger partial charge in [0.05, 0.1) is 17.7 Å². The summed E-state index contributed by atoms with van der Waals surface area (Å²) in [5.41, 5.74) is 3.54. The molecule has 2 atom stereocenters. The van der Waals surface area contributed by atoms with E-state index in [2.05, 4.69) is 43.0 Å². The van der Waals surface area contributed by atoms with Crippen LogP contribution < -0.4 is 0 Å². The zero-order valence-electron chi connectivity index (χ0n) is 18.2. The van der Waals surface area contributed by atoms with Crippen molar-refractivity contribution in [3.63, 3.8) is 0 Å². The SMILES string of the molecule is CC(C)=CCC/C(C)=C/CSC[C@H]1CO[C@@](Cn2cncn2)(c2ccc(Cl)cc2Cl)O1. The third-order valence-corrected chi connectivity index (χ3v) is 6.54. The van der Waals surface area contributed by atoms with E-state index in [4.69, 9.17) is 32.7 Å². The summed E-state index contributed by atoms with van der Waals surface area (Å²) in [5, 5.41) is 5.29. The highest BCUT2D eigenvalue weighted by Crippen LogP contribution is 2.40. The van der Waals surface area contributed by atoms with Gasteiger partial charge in [0.25, 0.3) is 0 Å². The number of aromatic nitrogens is 3. The van der Waals surface area contributed by atoms with Gasteiger partial charge in [-0.2, -0.15) is 16.9 Å². The van der Waals surface area contributed by atoms with Crippen molar-refractivity contribution in [2.24, 2.45) is 0 Å². The zero-order chi connectivity index (χ0) is 22.3. The van der Waals surface area contributed by atoms with Gasteiger partial charge in [-0.25, -0.2) is 9.67 Å². The summed E-state index contributed by atoms with van der Waals surface area (Å²) < 4.78 is 14.3. The minimum atomic E-state index is -1.02. The number of benzene rings is 1. The second-order valence-corrected chi connectivity index (χ2v) is 9.85. The predicted molar refractivity (Wildman–Crippen MR) is 129 cm³/mol. The number of allylic oxidation sites excluding steroid dienone is 3. The monoisotopic (exact) mass is 481 g/mol. The van der Waals surface area contributed by atoms with Crippen LogP contribution in [0.2, 0.25) is 10.0 Å². The van der Waals surface area contributed by atoms with Crippen molar-refractivity contribution >= 4 is 35.0 Å². The van der Waals surface area contributed by atoms with Crippen LogP contribution in [0.5, 0.6) is 0 Å². The molecular weight excluding hydrogens is 453 g/mol. The Morgan fingerprint density at radius 3 is 2.84 bits per heavy atom. The molecule has 0 amide bonds. The van der Waals surface area contributed by atoms with Crippen molar-refractivity contribution < 1.29 is 9.47 Å². The molecule has 0 unspecified atom stereocenters. The normalized spacial score (nSPS) is 21.5. The predicted octanol–water partition coefficient (Wildman–Crippen LogP) is 6.28. The summed E-state index contributed by atoms with van der Waals surface area (Å²) in [6.07, 6.45) is 9.88. The zero-order valence-corrected chi connectivity index (χ0v) is 20.5. The smallest absolute Gasteiger partial charge is 0.217 e. The topological polar surface area (TPSA) is 49.2 Å². The molecule has 1 fully saturated rings. The quantitative estimate of drug-likeness (QED) is 0.295. The van der Waals surface area contributed by atoms with E-state index in [9.17, 15) is 0 Å². The van der Waals surface area contributed by atoms with Gasteiger partial charge in [-0.15, -0.1) is 0 Å². The Morgan fingerprint density at radius 1 is 1.29 bits per heavy atom. The highest BCUT2D eigenvalue weighted by Gasteiger charge is 2.45. The minimum Gasteiger partial charge on any atom is -0.342 e. The molecule has 0 aliphatic carbocycles. The van der Waals surface area contributed by atoms with Crippen LogP contribution in [0, 0.1) is 0 Å². The lowest BCUT2D eigenvalue weighted by atomic mass is 10.1. The number of ether oxygens (including phenoxy) is 2. The van der Waals surface area contributed by atoms with Gasteiger partial charge in [-0.1, -0.05) is 52.6 Å². The average Bonchev–Trinajstić information content (AvgIpc) is 3.36. The van der Waals surface area contributed by atoms with Gasteiger partial charge in [0, 0.05) is 22.1 Å².